The first-order chi connectivity index (χ1) is 11.7. The predicted octanol–water partition coefficient (Wildman–Crippen LogP) is 3.21. The molecule has 0 radical (unpaired) electrons. The minimum atomic E-state index is -0.583. The van der Waals surface area contributed by atoms with Crippen LogP contribution in [-0.2, 0) is 17.8 Å². The molecule has 5 heteroatoms. The Morgan fingerprint density at radius 2 is 2.00 bits per heavy atom. The van der Waals surface area contributed by atoms with Crippen molar-refractivity contribution in [3.63, 3.8) is 0 Å². The van der Waals surface area contributed by atoms with Gasteiger partial charge in [-0.2, -0.15) is 0 Å². The first-order valence-electron chi connectivity index (χ1n) is 8.11. The van der Waals surface area contributed by atoms with Crippen LogP contribution < -0.4 is 11.1 Å². The average molecular weight is 323 g/mol. The number of carbonyl (C=O) groups is 1. The van der Waals surface area contributed by atoms with Crippen LogP contribution in [0.4, 0.5) is 4.79 Å². The summed E-state index contributed by atoms with van der Waals surface area (Å²) in [4.78, 5) is 15.8. The lowest BCUT2D eigenvalue weighted by Gasteiger charge is -2.10. The first kappa shape index (κ1) is 16.1. The van der Waals surface area contributed by atoms with Crippen molar-refractivity contribution in [3.05, 3.63) is 59.2 Å². The fourth-order valence-corrected chi connectivity index (χ4v) is 2.91. The van der Waals surface area contributed by atoms with Crippen LogP contribution in [-0.4, -0.2) is 18.6 Å². The predicted molar refractivity (Wildman–Crippen MR) is 94.8 cm³/mol. The van der Waals surface area contributed by atoms with Gasteiger partial charge in [0.25, 0.3) is 0 Å². The number of alkyl carbamates (subject to hydrolysis) is 1. The zero-order chi connectivity index (χ0) is 16.9. The Labute approximate surface area is 141 Å². The Hall–Kier alpha value is -2.82. The number of amides is 1. The van der Waals surface area contributed by atoms with Crippen LogP contribution in [0.1, 0.15) is 30.0 Å². The van der Waals surface area contributed by atoms with Gasteiger partial charge in [0.2, 0.25) is 0 Å². The maximum atomic E-state index is 11.8. The molecule has 2 aromatic rings. The summed E-state index contributed by atoms with van der Waals surface area (Å²) >= 11 is 0. The van der Waals surface area contributed by atoms with Crippen molar-refractivity contribution in [2.24, 2.45) is 10.7 Å². The van der Waals surface area contributed by atoms with Crippen LogP contribution in [0.15, 0.2) is 47.5 Å². The van der Waals surface area contributed by atoms with Gasteiger partial charge in [0.15, 0.2) is 5.96 Å². The lowest BCUT2D eigenvalue weighted by Crippen LogP contribution is -2.37. The molecular formula is C19H21N3O2. The summed E-state index contributed by atoms with van der Waals surface area (Å²) in [7, 11) is 0. The zero-order valence-electron chi connectivity index (χ0n) is 13.7. The van der Waals surface area contributed by atoms with Crippen molar-refractivity contribution in [1.29, 1.82) is 0 Å². The molecule has 0 saturated carbocycles. The third-order valence-corrected chi connectivity index (χ3v) is 4.04. The lowest BCUT2D eigenvalue weighted by atomic mass is 10.0. The molecule has 24 heavy (non-hydrogen) atoms. The number of benzene rings is 2. The number of hydrogen-bond acceptors (Lipinski definition) is 3. The molecule has 3 rings (SSSR count). The van der Waals surface area contributed by atoms with Gasteiger partial charge in [-0.3, -0.25) is 10.3 Å². The Kier molecular flexibility index (Phi) is 4.79. The van der Waals surface area contributed by atoms with Crippen LogP contribution in [0.3, 0.4) is 0 Å². The van der Waals surface area contributed by atoms with Crippen molar-refractivity contribution in [2.75, 3.05) is 6.54 Å². The minimum Gasteiger partial charge on any atom is -0.444 e. The van der Waals surface area contributed by atoms with Crippen LogP contribution >= 0.6 is 0 Å². The highest BCUT2D eigenvalue weighted by molar-refractivity contribution is 5.92. The lowest BCUT2D eigenvalue weighted by molar-refractivity contribution is 0.144. The summed E-state index contributed by atoms with van der Waals surface area (Å²) in [5.41, 5.74) is 11.6. The monoisotopic (exact) mass is 323 g/mol. The molecule has 0 atom stereocenters. The van der Waals surface area contributed by atoms with Gasteiger partial charge in [-0.15, -0.1) is 0 Å². The van der Waals surface area contributed by atoms with Gasteiger partial charge < -0.3 is 10.5 Å². The smallest absolute Gasteiger partial charge is 0.414 e. The summed E-state index contributed by atoms with van der Waals surface area (Å²) in [5.74, 6) is 0.0903. The summed E-state index contributed by atoms with van der Waals surface area (Å²) < 4.78 is 5.29. The average Bonchev–Trinajstić information content (AvgIpc) is 2.97. The molecule has 124 valence electrons. The van der Waals surface area contributed by atoms with E-state index in [0.29, 0.717) is 6.54 Å². The Balaban J connectivity index is 1.67. The maximum absolute atomic E-state index is 11.8. The zero-order valence-corrected chi connectivity index (χ0v) is 13.7. The van der Waals surface area contributed by atoms with Crippen LogP contribution in [0.5, 0.6) is 0 Å². The summed E-state index contributed by atoms with van der Waals surface area (Å²) in [6, 6.07) is 14.5. The van der Waals surface area contributed by atoms with Crippen LogP contribution in [0.2, 0.25) is 0 Å². The third-order valence-electron chi connectivity index (χ3n) is 4.04. The number of aliphatic imine (C=N–C) groups is 1. The molecule has 1 aliphatic carbocycles. The van der Waals surface area contributed by atoms with Crippen molar-refractivity contribution >= 4 is 12.1 Å². The summed E-state index contributed by atoms with van der Waals surface area (Å²) in [6.45, 7) is 2.78. The molecule has 0 spiro atoms. The van der Waals surface area contributed by atoms with E-state index in [1.807, 2.05) is 31.2 Å². The van der Waals surface area contributed by atoms with Crippen molar-refractivity contribution in [1.82, 2.24) is 5.32 Å². The van der Waals surface area contributed by atoms with Crippen molar-refractivity contribution in [2.45, 2.75) is 26.4 Å². The van der Waals surface area contributed by atoms with E-state index in [1.54, 1.807) is 0 Å². The van der Waals surface area contributed by atoms with E-state index in [0.717, 1.165) is 18.4 Å². The van der Waals surface area contributed by atoms with Crippen molar-refractivity contribution < 1.29 is 9.53 Å². The molecule has 0 aliphatic heterocycles. The molecule has 0 saturated heterocycles. The van der Waals surface area contributed by atoms with E-state index in [-0.39, 0.29) is 12.6 Å². The van der Waals surface area contributed by atoms with Gasteiger partial charge in [0.1, 0.15) is 6.61 Å². The quantitative estimate of drug-likeness (QED) is 0.572. The van der Waals surface area contributed by atoms with Gasteiger partial charge in [0.05, 0.1) is 0 Å². The molecule has 0 heterocycles. The number of nitrogens with one attached hydrogen (secondary N) is 1. The maximum Gasteiger partial charge on any atom is 0.414 e. The van der Waals surface area contributed by atoms with Crippen LogP contribution in [0.25, 0.3) is 11.1 Å². The molecule has 1 amide bonds. The molecule has 1 aliphatic rings. The van der Waals surface area contributed by atoms with Gasteiger partial charge >= 0.3 is 6.09 Å². The normalized spacial score (nSPS) is 12.5. The van der Waals surface area contributed by atoms with Gasteiger partial charge in [-0.05, 0) is 40.7 Å². The number of fused-ring (bicyclic) bond motifs is 3. The first-order valence-corrected chi connectivity index (χ1v) is 8.11. The van der Waals surface area contributed by atoms with E-state index in [9.17, 15) is 4.79 Å². The van der Waals surface area contributed by atoms with E-state index in [1.165, 1.54) is 22.3 Å². The number of hydrogen-bond donors (Lipinski definition) is 2. The Morgan fingerprint density at radius 3 is 2.83 bits per heavy atom. The molecule has 0 aromatic heterocycles. The fourth-order valence-electron chi connectivity index (χ4n) is 2.91. The molecular weight excluding hydrogens is 302 g/mol. The van der Waals surface area contributed by atoms with Gasteiger partial charge in [-0.25, -0.2) is 4.79 Å². The number of nitrogens with two attached hydrogens (primary N) is 1. The number of ether oxygens (including phenoxy) is 1. The number of carbonyl (C=O) groups excluding carboxylic acids is 1. The molecule has 0 fully saturated rings. The SMILES string of the molecule is CCCN=C(N)NC(=O)OCc1cccc2c1Cc1ccccc1-2. The highest BCUT2D eigenvalue weighted by Gasteiger charge is 2.20. The topological polar surface area (TPSA) is 76.7 Å². The Bertz CT molecular complexity index is 784. The number of rotatable bonds is 4. The Morgan fingerprint density at radius 1 is 1.21 bits per heavy atom. The molecule has 0 unspecified atom stereocenters. The van der Waals surface area contributed by atoms with Gasteiger partial charge in [-0.1, -0.05) is 49.4 Å². The molecule has 2 aromatic carbocycles. The van der Waals surface area contributed by atoms with E-state index in [4.69, 9.17) is 10.5 Å². The van der Waals surface area contributed by atoms with E-state index >= 15 is 0 Å². The molecule has 5 nitrogen and oxygen atoms in total. The largest absolute Gasteiger partial charge is 0.444 e. The molecule has 0 bridgehead atoms. The number of nitrogens with zero attached hydrogens (tertiary/aromatic N) is 1. The second kappa shape index (κ2) is 7.17. The van der Waals surface area contributed by atoms with Crippen molar-refractivity contribution in [3.8, 4) is 11.1 Å². The minimum absolute atomic E-state index is 0.0903. The third kappa shape index (κ3) is 3.40. The standard InChI is InChI=1S/C19H21N3O2/c1-2-10-21-18(20)22-19(23)24-12-14-7-5-9-16-15-8-4-3-6-13(15)11-17(14)16/h3-9H,2,10-12H2,1H3,(H3,20,21,22,23). The second-order valence-corrected chi connectivity index (χ2v) is 5.75. The van der Waals surface area contributed by atoms with E-state index in [2.05, 4.69) is 28.5 Å². The number of guanidine groups is 1. The van der Waals surface area contributed by atoms with E-state index < -0.39 is 6.09 Å². The van der Waals surface area contributed by atoms with Gasteiger partial charge in [0, 0.05) is 6.54 Å². The highest BCUT2D eigenvalue weighted by Crippen LogP contribution is 2.38. The second-order valence-electron chi connectivity index (χ2n) is 5.75. The molecule has 3 N–H and O–H groups in total. The van der Waals surface area contributed by atoms with Crippen LogP contribution in [0, 0.1) is 0 Å². The summed E-state index contributed by atoms with van der Waals surface area (Å²) in [6.07, 6.45) is 1.15. The fraction of sp³-hybridized carbons (Fsp3) is 0.263. The summed E-state index contributed by atoms with van der Waals surface area (Å²) in [5, 5.41) is 2.44. The highest BCUT2D eigenvalue weighted by atomic mass is 16.5.